The minimum atomic E-state index is 0.132. The van der Waals surface area contributed by atoms with E-state index < -0.39 is 0 Å². The molecule has 1 saturated carbocycles. The van der Waals surface area contributed by atoms with Crippen LogP contribution in [0.2, 0.25) is 0 Å². The summed E-state index contributed by atoms with van der Waals surface area (Å²) in [7, 11) is 1.92. The second-order valence-corrected chi connectivity index (χ2v) is 9.06. The molecule has 0 unspecified atom stereocenters. The van der Waals surface area contributed by atoms with E-state index in [0.29, 0.717) is 6.54 Å². The number of amides is 1. The maximum atomic E-state index is 13.2. The Bertz CT molecular complexity index is 1120. The van der Waals surface area contributed by atoms with Crippen molar-refractivity contribution in [1.29, 1.82) is 0 Å². The van der Waals surface area contributed by atoms with Crippen molar-refractivity contribution in [3.8, 4) is 11.3 Å². The highest BCUT2D eigenvalue weighted by atomic mass is 16.3. The Labute approximate surface area is 183 Å². The lowest BCUT2D eigenvalue weighted by atomic mass is 9.95. The lowest BCUT2D eigenvalue weighted by molar-refractivity contribution is 0.0612. The van der Waals surface area contributed by atoms with Gasteiger partial charge in [-0.1, -0.05) is 36.8 Å². The van der Waals surface area contributed by atoms with Gasteiger partial charge < -0.3 is 10.0 Å². The summed E-state index contributed by atoms with van der Waals surface area (Å²) in [6.07, 6.45) is 5.86. The van der Waals surface area contributed by atoms with Crippen LogP contribution in [0.4, 0.5) is 0 Å². The molecular formula is C26H29N3O2. The molecule has 5 rings (SSSR count). The summed E-state index contributed by atoms with van der Waals surface area (Å²) in [6.45, 7) is 2.98. The van der Waals surface area contributed by atoms with Crippen molar-refractivity contribution >= 4 is 5.91 Å². The molecule has 0 saturated heterocycles. The summed E-state index contributed by atoms with van der Waals surface area (Å²) in [5.74, 6) is 0.351. The zero-order valence-electron chi connectivity index (χ0n) is 18.2. The number of aryl methyl sites for hydroxylation is 2. The number of aliphatic hydroxyl groups is 1. The summed E-state index contributed by atoms with van der Waals surface area (Å²) in [5.41, 5.74) is 7.70. The van der Waals surface area contributed by atoms with Crippen molar-refractivity contribution in [2.24, 2.45) is 13.0 Å². The fourth-order valence-corrected chi connectivity index (χ4v) is 5.23. The highest BCUT2D eigenvalue weighted by Gasteiger charge is 2.39. The van der Waals surface area contributed by atoms with Crippen LogP contribution in [0, 0.1) is 12.8 Å². The van der Waals surface area contributed by atoms with Crippen molar-refractivity contribution < 1.29 is 9.90 Å². The summed E-state index contributed by atoms with van der Waals surface area (Å²) in [5, 5.41) is 14.2. The van der Waals surface area contributed by atoms with Gasteiger partial charge in [0, 0.05) is 49.5 Å². The van der Waals surface area contributed by atoms with Gasteiger partial charge >= 0.3 is 0 Å². The lowest BCUT2D eigenvalue weighted by Crippen LogP contribution is -2.39. The van der Waals surface area contributed by atoms with E-state index in [1.807, 2.05) is 28.9 Å². The van der Waals surface area contributed by atoms with Gasteiger partial charge in [0.25, 0.3) is 5.91 Å². The highest BCUT2D eigenvalue weighted by Crippen LogP contribution is 2.36. The van der Waals surface area contributed by atoms with Gasteiger partial charge in [0.1, 0.15) is 0 Å². The molecule has 3 aromatic rings. The average molecular weight is 416 g/mol. The minimum Gasteiger partial charge on any atom is -0.396 e. The predicted molar refractivity (Wildman–Crippen MR) is 121 cm³/mol. The third-order valence-corrected chi connectivity index (χ3v) is 7.01. The van der Waals surface area contributed by atoms with E-state index in [2.05, 4.69) is 48.4 Å². The molecule has 31 heavy (non-hydrogen) atoms. The van der Waals surface area contributed by atoms with Gasteiger partial charge in [0.2, 0.25) is 0 Å². The first-order chi connectivity index (χ1) is 15.0. The van der Waals surface area contributed by atoms with Crippen LogP contribution in [-0.2, 0) is 20.0 Å². The third kappa shape index (κ3) is 3.68. The molecule has 0 spiro atoms. The number of benzene rings is 2. The maximum absolute atomic E-state index is 13.2. The zero-order chi connectivity index (χ0) is 21.5. The Morgan fingerprint density at radius 1 is 1.13 bits per heavy atom. The quantitative estimate of drug-likeness (QED) is 0.682. The van der Waals surface area contributed by atoms with E-state index in [4.69, 9.17) is 0 Å². The van der Waals surface area contributed by atoms with Crippen LogP contribution >= 0.6 is 0 Å². The largest absolute Gasteiger partial charge is 0.396 e. The number of aromatic nitrogens is 2. The molecule has 2 aliphatic rings. The zero-order valence-corrected chi connectivity index (χ0v) is 18.2. The standard InChI is InChI=1S/C26H29N3O2/c1-17-12-22-15-29(25-5-3-4-20(25)16-30)26(31)23(22)14-21(17)13-18-6-8-19(9-7-18)24-10-11-28(2)27-24/h6-12,14,20,25,30H,3-5,13,15-16H2,1-2H3/t20-,25+/m1/s1. The van der Waals surface area contributed by atoms with E-state index in [-0.39, 0.29) is 24.5 Å². The van der Waals surface area contributed by atoms with E-state index >= 15 is 0 Å². The molecular weight excluding hydrogens is 386 g/mol. The van der Waals surface area contributed by atoms with Gasteiger partial charge in [0.05, 0.1) is 5.69 Å². The second-order valence-electron chi connectivity index (χ2n) is 9.06. The first-order valence-corrected chi connectivity index (χ1v) is 11.2. The van der Waals surface area contributed by atoms with E-state index in [1.165, 1.54) is 16.7 Å². The Morgan fingerprint density at radius 3 is 2.65 bits per heavy atom. The number of carbonyl (C=O) groups excluding carboxylic acids is 1. The molecule has 1 N–H and O–H groups in total. The summed E-state index contributed by atoms with van der Waals surface area (Å²) in [4.78, 5) is 15.2. The molecule has 1 aliphatic heterocycles. The Kier molecular flexibility index (Phi) is 5.14. The summed E-state index contributed by atoms with van der Waals surface area (Å²) in [6, 6.07) is 15.0. The number of rotatable bonds is 5. The van der Waals surface area contributed by atoms with Gasteiger partial charge in [-0.25, -0.2) is 0 Å². The van der Waals surface area contributed by atoms with E-state index in [0.717, 1.165) is 48.1 Å². The number of aliphatic hydroxyl groups excluding tert-OH is 1. The monoisotopic (exact) mass is 415 g/mol. The van der Waals surface area contributed by atoms with Gasteiger partial charge in [-0.05, 0) is 60.6 Å². The number of hydrogen-bond acceptors (Lipinski definition) is 3. The molecule has 160 valence electrons. The molecule has 2 heterocycles. The van der Waals surface area contributed by atoms with E-state index in [9.17, 15) is 9.90 Å². The predicted octanol–water partition coefficient (Wildman–Crippen LogP) is 4.10. The topological polar surface area (TPSA) is 58.4 Å². The van der Waals surface area contributed by atoms with E-state index in [1.54, 1.807) is 0 Å². The molecule has 2 aromatic carbocycles. The molecule has 0 bridgehead atoms. The Morgan fingerprint density at radius 2 is 1.94 bits per heavy atom. The highest BCUT2D eigenvalue weighted by molar-refractivity contribution is 5.99. The van der Waals surface area contributed by atoms with Crippen LogP contribution < -0.4 is 0 Å². The molecule has 2 atom stereocenters. The third-order valence-electron chi connectivity index (χ3n) is 7.01. The molecule has 1 aliphatic carbocycles. The number of nitrogens with zero attached hydrogens (tertiary/aromatic N) is 3. The molecule has 1 fully saturated rings. The Hall–Kier alpha value is -2.92. The molecule has 1 aromatic heterocycles. The Balaban J connectivity index is 1.36. The normalized spacial score (nSPS) is 20.5. The molecule has 0 radical (unpaired) electrons. The second kappa shape index (κ2) is 7.97. The average Bonchev–Trinajstić information content (AvgIpc) is 3.48. The molecule has 5 nitrogen and oxygen atoms in total. The van der Waals surface area contributed by atoms with Crippen molar-refractivity contribution in [2.75, 3.05) is 6.61 Å². The van der Waals surface area contributed by atoms with Gasteiger partial charge in [-0.2, -0.15) is 5.10 Å². The minimum absolute atomic E-state index is 0.132. The van der Waals surface area contributed by atoms with Crippen molar-refractivity contribution in [3.63, 3.8) is 0 Å². The van der Waals surface area contributed by atoms with Crippen LogP contribution in [-0.4, -0.2) is 38.3 Å². The van der Waals surface area contributed by atoms with Crippen molar-refractivity contribution in [2.45, 2.75) is 45.2 Å². The smallest absolute Gasteiger partial charge is 0.254 e. The molecule has 5 heteroatoms. The van der Waals surface area contributed by atoms with Crippen LogP contribution in [0.25, 0.3) is 11.3 Å². The van der Waals surface area contributed by atoms with Crippen LogP contribution in [0.1, 0.15) is 51.9 Å². The first-order valence-electron chi connectivity index (χ1n) is 11.2. The fraction of sp³-hybridized carbons (Fsp3) is 0.385. The SMILES string of the molecule is Cc1cc2c(cc1Cc1ccc(-c3ccn(C)n3)cc1)C(=O)N([C@H]1CCC[C@@H]1CO)C2. The van der Waals surface area contributed by atoms with Gasteiger partial charge in [-0.3, -0.25) is 9.48 Å². The van der Waals surface area contributed by atoms with Crippen LogP contribution in [0.15, 0.2) is 48.7 Å². The van der Waals surface area contributed by atoms with Crippen LogP contribution in [0.3, 0.4) is 0 Å². The number of carbonyl (C=O) groups is 1. The van der Waals surface area contributed by atoms with Gasteiger partial charge in [0.15, 0.2) is 0 Å². The number of hydrogen-bond donors (Lipinski definition) is 1. The number of fused-ring (bicyclic) bond motifs is 1. The molecule has 1 amide bonds. The maximum Gasteiger partial charge on any atom is 0.254 e. The first kappa shape index (κ1) is 20.0. The van der Waals surface area contributed by atoms with Crippen molar-refractivity contribution in [1.82, 2.24) is 14.7 Å². The summed E-state index contributed by atoms with van der Waals surface area (Å²) < 4.78 is 1.81. The van der Waals surface area contributed by atoms with Gasteiger partial charge in [-0.15, -0.1) is 0 Å². The van der Waals surface area contributed by atoms with Crippen LogP contribution in [0.5, 0.6) is 0 Å². The fourth-order valence-electron chi connectivity index (χ4n) is 5.23. The van der Waals surface area contributed by atoms with Crippen molar-refractivity contribution in [3.05, 3.63) is 76.5 Å². The summed E-state index contributed by atoms with van der Waals surface area (Å²) >= 11 is 0. The lowest BCUT2D eigenvalue weighted by Gasteiger charge is -2.28.